The van der Waals surface area contributed by atoms with Crippen molar-refractivity contribution in [1.82, 2.24) is 10.9 Å². The van der Waals surface area contributed by atoms with E-state index in [1.54, 1.807) is 18.2 Å². The van der Waals surface area contributed by atoms with Crippen molar-refractivity contribution in [2.24, 2.45) is 0 Å². The summed E-state index contributed by atoms with van der Waals surface area (Å²) >= 11 is 0. The number of hydrazine groups is 1. The molecule has 0 radical (unpaired) electrons. The Bertz CT molecular complexity index is 878. The van der Waals surface area contributed by atoms with Crippen molar-refractivity contribution in [1.29, 1.82) is 0 Å². The van der Waals surface area contributed by atoms with E-state index in [0.29, 0.717) is 30.3 Å². The minimum absolute atomic E-state index is 0.231. The smallest absolute Gasteiger partial charge is 0.269 e. The predicted molar refractivity (Wildman–Crippen MR) is 99.8 cm³/mol. The fraction of sp³-hybridized carbons (Fsp3) is 0.333. The monoisotopic (exact) mass is 366 g/mol. The van der Waals surface area contributed by atoms with Gasteiger partial charge in [0.1, 0.15) is 13.2 Å². The van der Waals surface area contributed by atoms with Crippen molar-refractivity contribution in [3.05, 3.63) is 58.7 Å². The molecule has 0 unspecified atom stereocenters. The molecule has 2 N–H and O–H groups in total. The first-order valence-electron chi connectivity index (χ1n) is 9.28. The van der Waals surface area contributed by atoms with Crippen LogP contribution in [0.25, 0.3) is 0 Å². The normalized spacial score (nSPS) is 14.8. The van der Waals surface area contributed by atoms with Crippen LogP contribution in [-0.4, -0.2) is 25.0 Å². The molecule has 27 heavy (non-hydrogen) atoms. The van der Waals surface area contributed by atoms with Gasteiger partial charge in [0.15, 0.2) is 11.5 Å². The van der Waals surface area contributed by atoms with Crippen molar-refractivity contribution in [3.63, 3.8) is 0 Å². The molecule has 4 rings (SSSR count). The first-order valence-corrected chi connectivity index (χ1v) is 9.28. The van der Waals surface area contributed by atoms with Gasteiger partial charge in [0.2, 0.25) is 5.91 Å². The van der Waals surface area contributed by atoms with E-state index in [9.17, 15) is 9.59 Å². The molecule has 2 aromatic carbocycles. The van der Waals surface area contributed by atoms with Crippen molar-refractivity contribution >= 4 is 11.8 Å². The zero-order valence-corrected chi connectivity index (χ0v) is 15.0. The maximum atomic E-state index is 12.3. The van der Waals surface area contributed by atoms with Crippen molar-refractivity contribution in [2.45, 2.75) is 32.1 Å². The minimum atomic E-state index is -0.397. The maximum absolute atomic E-state index is 12.3. The predicted octanol–water partition coefficient (Wildman–Crippen LogP) is 2.34. The highest BCUT2D eigenvalue weighted by atomic mass is 16.6. The van der Waals surface area contributed by atoms with Crippen LogP contribution in [0.2, 0.25) is 0 Å². The lowest BCUT2D eigenvalue weighted by Crippen LogP contribution is -2.42. The van der Waals surface area contributed by atoms with Gasteiger partial charge in [0.05, 0.1) is 6.42 Å². The van der Waals surface area contributed by atoms with Gasteiger partial charge >= 0.3 is 0 Å². The lowest BCUT2D eigenvalue weighted by atomic mass is 9.90. The number of hydrogen-bond donors (Lipinski definition) is 2. The van der Waals surface area contributed by atoms with Gasteiger partial charge in [-0.2, -0.15) is 0 Å². The second-order valence-corrected chi connectivity index (χ2v) is 6.85. The fourth-order valence-corrected chi connectivity index (χ4v) is 3.51. The highest BCUT2D eigenvalue weighted by Gasteiger charge is 2.16. The van der Waals surface area contributed by atoms with Gasteiger partial charge < -0.3 is 9.47 Å². The third-order valence-electron chi connectivity index (χ3n) is 4.90. The van der Waals surface area contributed by atoms with Crippen molar-refractivity contribution < 1.29 is 19.1 Å². The highest BCUT2D eigenvalue weighted by Crippen LogP contribution is 2.30. The van der Waals surface area contributed by atoms with Gasteiger partial charge in [-0.1, -0.05) is 18.2 Å². The van der Waals surface area contributed by atoms with Crippen LogP contribution in [0.5, 0.6) is 11.5 Å². The lowest BCUT2D eigenvalue weighted by molar-refractivity contribution is -0.121. The van der Waals surface area contributed by atoms with Crippen molar-refractivity contribution in [3.8, 4) is 11.5 Å². The summed E-state index contributed by atoms with van der Waals surface area (Å²) in [5.41, 5.74) is 9.01. The summed E-state index contributed by atoms with van der Waals surface area (Å²) in [6.45, 7) is 0.951. The third kappa shape index (κ3) is 4.05. The van der Waals surface area contributed by atoms with E-state index in [4.69, 9.17) is 9.47 Å². The molecule has 1 aliphatic heterocycles. The average Bonchev–Trinajstić information content (AvgIpc) is 2.71. The minimum Gasteiger partial charge on any atom is -0.486 e. The zero-order valence-electron chi connectivity index (χ0n) is 15.0. The number of hydrogen-bond acceptors (Lipinski definition) is 4. The molecule has 0 saturated heterocycles. The van der Waals surface area contributed by atoms with E-state index in [0.717, 1.165) is 18.4 Å². The van der Waals surface area contributed by atoms with Crippen LogP contribution in [0, 0.1) is 0 Å². The quantitative estimate of drug-likeness (QED) is 0.818. The van der Waals surface area contributed by atoms with E-state index < -0.39 is 5.91 Å². The van der Waals surface area contributed by atoms with Crippen LogP contribution in [0.1, 0.15) is 39.9 Å². The van der Waals surface area contributed by atoms with Crippen LogP contribution < -0.4 is 20.3 Å². The molecule has 0 atom stereocenters. The van der Waals surface area contributed by atoms with Gasteiger partial charge in [0.25, 0.3) is 5.91 Å². The molecule has 1 aliphatic carbocycles. The Morgan fingerprint density at radius 2 is 1.63 bits per heavy atom. The standard InChI is InChI=1S/C21H22N2O4/c24-20(12-14-5-6-15-3-1-2-4-16(15)11-14)22-23-21(25)17-7-8-18-19(13-17)27-10-9-26-18/h5-8,11,13H,1-4,9-10,12H2,(H,22,24)(H,23,25). The Morgan fingerprint density at radius 3 is 2.48 bits per heavy atom. The van der Waals surface area contributed by atoms with Crippen molar-refractivity contribution in [2.75, 3.05) is 13.2 Å². The van der Waals surface area contributed by atoms with Gasteiger partial charge in [0, 0.05) is 5.56 Å². The van der Waals surface area contributed by atoms with Crippen LogP contribution in [0.3, 0.4) is 0 Å². The van der Waals surface area contributed by atoms with Crippen LogP contribution in [-0.2, 0) is 24.1 Å². The van der Waals surface area contributed by atoms with Crippen LogP contribution in [0.15, 0.2) is 36.4 Å². The van der Waals surface area contributed by atoms with Gasteiger partial charge in [-0.25, -0.2) is 0 Å². The Kier molecular flexibility index (Phi) is 4.96. The number of rotatable bonds is 3. The molecule has 2 aliphatic rings. The van der Waals surface area contributed by atoms with E-state index in [1.165, 1.54) is 24.0 Å². The molecular weight excluding hydrogens is 344 g/mol. The number of ether oxygens (including phenoxy) is 2. The fourth-order valence-electron chi connectivity index (χ4n) is 3.51. The van der Waals surface area contributed by atoms with Crippen LogP contribution in [0.4, 0.5) is 0 Å². The molecule has 2 amide bonds. The van der Waals surface area contributed by atoms with E-state index in [1.807, 2.05) is 6.07 Å². The summed E-state index contributed by atoms with van der Waals surface area (Å²) in [5.74, 6) is 0.506. The molecular formula is C21H22N2O4. The largest absolute Gasteiger partial charge is 0.486 e. The second kappa shape index (κ2) is 7.70. The molecule has 0 saturated carbocycles. The summed E-state index contributed by atoms with van der Waals surface area (Å²) < 4.78 is 10.9. The third-order valence-corrected chi connectivity index (χ3v) is 4.90. The Labute approximate surface area is 157 Å². The number of benzene rings is 2. The Balaban J connectivity index is 1.33. The number of nitrogens with one attached hydrogen (secondary N) is 2. The van der Waals surface area contributed by atoms with Crippen LogP contribution >= 0.6 is 0 Å². The van der Waals surface area contributed by atoms with E-state index in [2.05, 4.69) is 23.0 Å². The maximum Gasteiger partial charge on any atom is 0.269 e. The lowest BCUT2D eigenvalue weighted by Gasteiger charge is -2.18. The summed E-state index contributed by atoms with van der Waals surface area (Å²) in [4.78, 5) is 24.4. The molecule has 6 heteroatoms. The molecule has 0 fully saturated rings. The van der Waals surface area contributed by atoms with Gasteiger partial charge in [-0.05, 0) is 60.6 Å². The molecule has 140 valence electrons. The van der Waals surface area contributed by atoms with E-state index >= 15 is 0 Å². The van der Waals surface area contributed by atoms with Gasteiger partial charge in [-0.3, -0.25) is 20.4 Å². The summed E-state index contributed by atoms with van der Waals surface area (Å²) in [5, 5.41) is 0. The first kappa shape index (κ1) is 17.4. The average molecular weight is 366 g/mol. The molecule has 0 aromatic heterocycles. The summed E-state index contributed by atoms with van der Waals surface area (Å²) in [7, 11) is 0. The zero-order chi connectivity index (χ0) is 18.6. The number of carbonyl (C=O) groups is 2. The number of fused-ring (bicyclic) bond motifs is 2. The molecule has 1 heterocycles. The highest BCUT2D eigenvalue weighted by molar-refractivity contribution is 5.96. The summed E-state index contributed by atoms with van der Waals surface area (Å²) in [6, 6.07) is 11.2. The Hall–Kier alpha value is -3.02. The second-order valence-electron chi connectivity index (χ2n) is 6.85. The number of amides is 2. The SMILES string of the molecule is O=C(Cc1ccc2c(c1)CCCC2)NNC(=O)c1ccc2c(c1)OCCO2. The molecule has 2 aromatic rings. The first-order chi connectivity index (χ1) is 13.2. The number of aryl methyl sites for hydroxylation is 2. The van der Waals surface area contributed by atoms with E-state index in [-0.39, 0.29) is 12.3 Å². The molecule has 0 bridgehead atoms. The Morgan fingerprint density at radius 1 is 0.852 bits per heavy atom. The topological polar surface area (TPSA) is 76.7 Å². The van der Waals surface area contributed by atoms with Gasteiger partial charge in [-0.15, -0.1) is 0 Å². The molecule has 0 spiro atoms. The molecule has 6 nitrogen and oxygen atoms in total. The summed E-state index contributed by atoms with van der Waals surface area (Å²) in [6.07, 6.45) is 4.86. The number of carbonyl (C=O) groups excluding carboxylic acids is 2.